The average molecular weight is 341 g/mol. The smallest absolute Gasteiger partial charge is 0.261 e. The minimum atomic E-state index is -3.83. The minimum Gasteiger partial charge on any atom is -0.278 e. The van der Waals surface area contributed by atoms with Crippen LogP contribution in [-0.4, -0.2) is 8.42 Å². The SMILES string of the molecule is Cc1ccc(Cl)c(NS(=O)(=O)c2ccc(C#N)c(Cl)c2)c1. The maximum atomic E-state index is 12.3. The largest absolute Gasteiger partial charge is 0.278 e. The summed E-state index contributed by atoms with van der Waals surface area (Å²) in [6, 6.07) is 10.8. The van der Waals surface area contributed by atoms with Crippen LogP contribution >= 0.6 is 23.2 Å². The molecule has 0 radical (unpaired) electrons. The summed E-state index contributed by atoms with van der Waals surface area (Å²) in [7, 11) is -3.83. The summed E-state index contributed by atoms with van der Waals surface area (Å²) < 4.78 is 27.0. The molecule has 0 saturated heterocycles. The van der Waals surface area contributed by atoms with E-state index in [0.29, 0.717) is 5.02 Å². The quantitative estimate of drug-likeness (QED) is 0.918. The summed E-state index contributed by atoms with van der Waals surface area (Å²) in [5, 5.41) is 9.17. The van der Waals surface area contributed by atoms with Gasteiger partial charge in [0.05, 0.1) is 26.2 Å². The van der Waals surface area contributed by atoms with Crippen molar-refractivity contribution in [3.8, 4) is 6.07 Å². The highest BCUT2D eigenvalue weighted by Gasteiger charge is 2.17. The lowest BCUT2D eigenvalue weighted by Crippen LogP contribution is -2.13. The number of anilines is 1. The maximum Gasteiger partial charge on any atom is 0.261 e. The van der Waals surface area contributed by atoms with E-state index in [0.717, 1.165) is 5.56 Å². The van der Waals surface area contributed by atoms with Crippen molar-refractivity contribution >= 4 is 38.9 Å². The fourth-order valence-electron chi connectivity index (χ4n) is 1.67. The van der Waals surface area contributed by atoms with Gasteiger partial charge in [0.1, 0.15) is 6.07 Å². The van der Waals surface area contributed by atoms with Gasteiger partial charge in [0.25, 0.3) is 10.0 Å². The van der Waals surface area contributed by atoms with Gasteiger partial charge in [-0.2, -0.15) is 5.26 Å². The van der Waals surface area contributed by atoms with Crippen LogP contribution in [0.5, 0.6) is 0 Å². The van der Waals surface area contributed by atoms with Crippen LogP contribution in [0.3, 0.4) is 0 Å². The Labute approximate surface area is 133 Å². The predicted molar refractivity (Wildman–Crippen MR) is 83.2 cm³/mol. The van der Waals surface area contributed by atoms with E-state index < -0.39 is 10.0 Å². The summed E-state index contributed by atoms with van der Waals surface area (Å²) in [4.78, 5) is -0.0379. The van der Waals surface area contributed by atoms with Crippen molar-refractivity contribution in [3.63, 3.8) is 0 Å². The lowest BCUT2D eigenvalue weighted by Gasteiger charge is -2.11. The van der Waals surface area contributed by atoms with Crippen molar-refractivity contribution < 1.29 is 8.42 Å². The molecule has 0 aliphatic heterocycles. The number of nitriles is 1. The molecule has 0 fully saturated rings. The van der Waals surface area contributed by atoms with E-state index in [-0.39, 0.29) is 21.2 Å². The van der Waals surface area contributed by atoms with Crippen molar-refractivity contribution in [1.82, 2.24) is 0 Å². The Hall–Kier alpha value is -1.74. The average Bonchev–Trinajstić information content (AvgIpc) is 2.42. The normalized spacial score (nSPS) is 11.0. The van der Waals surface area contributed by atoms with Gasteiger partial charge in [-0.05, 0) is 42.8 Å². The molecule has 21 heavy (non-hydrogen) atoms. The van der Waals surface area contributed by atoms with Crippen LogP contribution in [0.4, 0.5) is 5.69 Å². The first-order valence-corrected chi connectivity index (χ1v) is 8.06. The van der Waals surface area contributed by atoms with Crippen LogP contribution in [0.15, 0.2) is 41.3 Å². The van der Waals surface area contributed by atoms with E-state index in [1.54, 1.807) is 18.2 Å². The number of sulfonamides is 1. The number of hydrogen-bond acceptors (Lipinski definition) is 3. The van der Waals surface area contributed by atoms with Gasteiger partial charge in [0.2, 0.25) is 0 Å². The monoisotopic (exact) mass is 340 g/mol. The third-order valence-electron chi connectivity index (χ3n) is 2.74. The van der Waals surface area contributed by atoms with Gasteiger partial charge in [-0.15, -0.1) is 0 Å². The van der Waals surface area contributed by atoms with Crippen LogP contribution in [0.1, 0.15) is 11.1 Å². The van der Waals surface area contributed by atoms with Gasteiger partial charge in [-0.25, -0.2) is 8.42 Å². The molecule has 0 heterocycles. The Bertz CT molecular complexity index is 843. The molecular formula is C14H10Cl2N2O2S. The topological polar surface area (TPSA) is 70.0 Å². The molecular weight excluding hydrogens is 331 g/mol. The van der Waals surface area contributed by atoms with E-state index in [4.69, 9.17) is 28.5 Å². The van der Waals surface area contributed by atoms with Crippen LogP contribution in [0.2, 0.25) is 10.0 Å². The van der Waals surface area contributed by atoms with E-state index >= 15 is 0 Å². The number of nitrogens with zero attached hydrogens (tertiary/aromatic N) is 1. The number of nitrogens with one attached hydrogen (secondary N) is 1. The van der Waals surface area contributed by atoms with Crippen LogP contribution in [-0.2, 0) is 10.0 Å². The van der Waals surface area contributed by atoms with Gasteiger partial charge in [-0.1, -0.05) is 29.3 Å². The fourth-order valence-corrected chi connectivity index (χ4v) is 3.28. The third kappa shape index (κ3) is 3.48. The molecule has 2 aromatic carbocycles. The molecule has 2 rings (SSSR count). The zero-order valence-corrected chi connectivity index (χ0v) is 13.2. The van der Waals surface area contributed by atoms with Crippen LogP contribution in [0.25, 0.3) is 0 Å². The molecule has 0 atom stereocenters. The fraction of sp³-hybridized carbons (Fsp3) is 0.0714. The second-order valence-corrected chi connectivity index (χ2v) is 6.84. The van der Waals surface area contributed by atoms with E-state index in [2.05, 4.69) is 4.72 Å². The Balaban J connectivity index is 2.41. The Kier molecular flexibility index (Phi) is 4.43. The molecule has 0 unspecified atom stereocenters. The van der Waals surface area contributed by atoms with E-state index in [1.165, 1.54) is 18.2 Å². The Morgan fingerprint density at radius 2 is 1.81 bits per heavy atom. The van der Waals surface area contributed by atoms with Crippen LogP contribution in [0, 0.1) is 18.3 Å². The molecule has 1 N–H and O–H groups in total. The van der Waals surface area contributed by atoms with E-state index in [1.807, 2.05) is 13.0 Å². The van der Waals surface area contributed by atoms with Gasteiger partial charge in [0.15, 0.2) is 0 Å². The van der Waals surface area contributed by atoms with Crippen molar-refractivity contribution in [2.24, 2.45) is 0 Å². The summed E-state index contributed by atoms with van der Waals surface area (Å²) in [5.41, 5.74) is 1.37. The zero-order chi connectivity index (χ0) is 15.6. The van der Waals surface area contributed by atoms with Crippen molar-refractivity contribution in [1.29, 1.82) is 5.26 Å². The summed E-state index contributed by atoms with van der Waals surface area (Å²) in [6.45, 7) is 1.83. The standard InChI is InChI=1S/C14H10Cl2N2O2S/c1-9-2-5-12(15)14(6-9)18-21(19,20)11-4-3-10(8-17)13(16)7-11/h2-7,18H,1H3. The minimum absolute atomic E-state index is 0.0379. The molecule has 0 saturated carbocycles. The molecule has 0 spiro atoms. The highest BCUT2D eigenvalue weighted by Crippen LogP contribution is 2.27. The number of rotatable bonds is 3. The van der Waals surface area contributed by atoms with Gasteiger partial charge in [0, 0.05) is 0 Å². The number of halogens is 2. The highest BCUT2D eigenvalue weighted by molar-refractivity contribution is 7.92. The molecule has 0 bridgehead atoms. The first-order valence-electron chi connectivity index (χ1n) is 5.82. The first-order chi connectivity index (χ1) is 9.83. The van der Waals surface area contributed by atoms with Gasteiger partial charge < -0.3 is 0 Å². The van der Waals surface area contributed by atoms with E-state index in [9.17, 15) is 8.42 Å². The van der Waals surface area contributed by atoms with Crippen molar-refractivity contribution in [3.05, 3.63) is 57.6 Å². The second kappa shape index (κ2) is 5.94. The number of benzene rings is 2. The number of hydrogen-bond donors (Lipinski definition) is 1. The summed E-state index contributed by atoms with van der Waals surface area (Å²) >= 11 is 11.8. The molecule has 0 aromatic heterocycles. The van der Waals surface area contributed by atoms with Crippen molar-refractivity contribution in [2.75, 3.05) is 4.72 Å². The van der Waals surface area contributed by atoms with Crippen molar-refractivity contribution in [2.45, 2.75) is 11.8 Å². The molecule has 0 amide bonds. The second-order valence-electron chi connectivity index (χ2n) is 4.34. The summed E-state index contributed by atoms with van der Waals surface area (Å²) in [5.74, 6) is 0. The van der Waals surface area contributed by atoms with Gasteiger partial charge >= 0.3 is 0 Å². The molecule has 2 aromatic rings. The zero-order valence-electron chi connectivity index (χ0n) is 10.9. The molecule has 0 aliphatic carbocycles. The number of aryl methyl sites for hydroxylation is 1. The predicted octanol–water partition coefficient (Wildman–Crippen LogP) is 3.97. The molecule has 7 heteroatoms. The lowest BCUT2D eigenvalue weighted by atomic mass is 10.2. The Morgan fingerprint density at radius 3 is 2.43 bits per heavy atom. The Morgan fingerprint density at radius 1 is 1.10 bits per heavy atom. The summed E-state index contributed by atoms with van der Waals surface area (Å²) in [6.07, 6.45) is 0. The third-order valence-corrected chi connectivity index (χ3v) is 4.74. The highest BCUT2D eigenvalue weighted by atomic mass is 35.5. The van der Waals surface area contributed by atoms with Gasteiger partial charge in [-0.3, -0.25) is 4.72 Å². The van der Waals surface area contributed by atoms with Crippen LogP contribution < -0.4 is 4.72 Å². The lowest BCUT2D eigenvalue weighted by molar-refractivity contribution is 0.601. The molecule has 4 nitrogen and oxygen atoms in total. The maximum absolute atomic E-state index is 12.3. The molecule has 108 valence electrons. The molecule has 0 aliphatic rings. The first kappa shape index (κ1) is 15.6.